The number of nitrogens with one attached hydrogen (secondary N) is 1. The van der Waals surface area contributed by atoms with Crippen LogP contribution in [0.25, 0.3) is 0 Å². The van der Waals surface area contributed by atoms with Gasteiger partial charge in [0.1, 0.15) is 0 Å². The summed E-state index contributed by atoms with van der Waals surface area (Å²) in [7, 11) is -3.44. The fraction of sp³-hybridized carbons (Fsp3) is 0.167. The van der Waals surface area contributed by atoms with Crippen molar-refractivity contribution in [2.75, 3.05) is 12.8 Å². The third-order valence-corrected chi connectivity index (χ3v) is 4.39. The number of alkyl halides is 3. The molecule has 26 heavy (non-hydrogen) atoms. The lowest BCUT2D eigenvalue weighted by molar-refractivity contribution is -0.137. The summed E-state index contributed by atoms with van der Waals surface area (Å²) in [5.41, 5.74) is -0.479. The molecule has 0 aliphatic heterocycles. The number of hydrogen-bond acceptors (Lipinski definition) is 3. The van der Waals surface area contributed by atoms with E-state index in [4.69, 9.17) is 0 Å². The van der Waals surface area contributed by atoms with Crippen molar-refractivity contribution in [2.45, 2.75) is 11.1 Å². The zero-order valence-electron chi connectivity index (χ0n) is 13.6. The predicted octanol–water partition coefficient (Wildman–Crippen LogP) is 2.89. The van der Waals surface area contributed by atoms with Crippen molar-refractivity contribution in [3.05, 3.63) is 65.2 Å². The zero-order valence-corrected chi connectivity index (χ0v) is 14.4. The number of benzene rings is 2. The van der Waals surface area contributed by atoms with Gasteiger partial charge in [0.25, 0.3) is 5.91 Å². The lowest BCUT2D eigenvalue weighted by Crippen LogP contribution is -2.23. The van der Waals surface area contributed by atoms with Crippen molar-refractivity contribution in [1.29, 1.82) is 0 Å². The fourth-order valence-electron chi connectivity index (χ4n) is 2.01. The fourth-order valence-corrected chi connectivity index (χ4v) is 2.68. The lowest BCUT2D eigenvalue weighted by Gasteiger charge is -2.06. The number of halogens is 3. The van der Waals surface area contributed by atoms with Gasteiger partial charge in [0.2, 0.25) is 0 Å². The minimum Gasteiger partial charge on any atom is -0.341 e. The highest BCUT2D eigenvalue weighted by molar-refractivity contribution is 7.90. The Morgan fingerprint density at radius 1 is 1.12 bits per heavy atom. The van der Waals surface area contributed by atoms with Gasteiger partial charge >= 0.3 is 6.18 Å². The maximum absolute atomic E-state index is 12.6. The first-order valence-electron chi connectivity index (χ1n) is 7.32. The van der Waals surface area contributed by atoms with Crippen molar-refractivity contribution in [2.24, 2.45) is 0 Å². The minimum absolute atomic E-state index is 0.0141. The molecule has 0 aromatic heterocycles. The molecule has 0 fully saturated rings. The van der Waals surface area contributed by atoms with Gasteiger partial charge in [-0.2, -0.15) is 13.2 Å². The van der Waals surface area contributed by atoms with Crippen LogP contribution in [-0.4, -0.2) is 27.1 Å². The number of carbonyl (C=O) groups is 1. The van der Waals surface area contributed by atoms with Crippen LogP contribution in [-0.2, 0) is 16.0 Å². The summed E-state index contributed by atoms with van der Waals surface area (Å²) in [6.45, 7) is -0.0990. The van der Waals surface area contributed by atoms with Crippen LogP contribution in [0.5, 0.6) is 0 Å². The van der Waals surface area contributed by atoms with E-state index < -0.39 is 27.5 Å². The van der Waals surface area contributed by atoms with E-state index >= 15 is 0 Å². The molecule has 0 unspecified atom stereocenters. The van der Waals surface area contributed by atoms with Gasteiger partial charge in [0.15, 0.2) is 9.84 Å². The maximum Gasteiger partial charge on any atom is 0.416 e. The van der Waals surface area contributed by atoms with Crippen LogP contribution in [0.15, 0.2) is 53.4 Å². The van der Waals surface area contributed by atoms with Crippen molar-refractivity contribution >= 4 is 15.7 Å². The Labute approximate surface area is 149 Å². The van der Waals surface area contributed by atoms with Gasteiger partial charge in [-0.3, -0.25) is 4.79 Å². The Bertz CT molecular complexity index is 986. The first-order chi connectivity index (χ1) is 12.1. The quantitative estimate of drug-likeness (QED) is 0.832. The first-order valence-corrected chi connectivity index (χ1v) is 9.21. The molecule has 2 aromatic rings. The Balaban J connectivity index is 2.03. The molecule has 0 spiro atoms. The van der Waals surface area contributed by atoms with Crippen molar-refractivity contribution in [3.63, 3.8) is 0 Å². The molecule has 1 amide bonds. The van der Waals surface area contributed by atoms with E-state index in [1.165, 1.54) is 36.4 Å². The van der Waals surface area contributed by atoms with E-state index in [2.05, 4.69) is 17.2 Å². The normalized spacial score (nSPS) is 11.4. The molecule has 0 radical (unpaired) electrons. The third kappa shape index (κ3) is 5.36. The number of hydrogen-bond donors (Lipinski definition) is 1. The smallest absolute Gasteiger partial charge is 0.341 e. The summed E-state index contributed by atoms with van der Waals surface area (Å²) in [6, 6.07) is 10.1. The van der Waals surface area contributed by atoms with E-state index in [-0.39, 0.29) is 22.6 Å². The predicted molar refractivity (Wildman–Crippen MR) is 90.2 cm³/mol. The molecule has 2 rings (SSSR count). The highest BCUT2D eigenvalue weighted by Gasteiger charge is 2.30. The van der Waals surface area contributed by atoms with Crippen LogP contribution in [0, 0.1) is 11.8 Å². The zero-order chi connectivity index (χ0) is 19.4. The molecule has 0 saturated carbocycles. The van der Waals surface area contributed by atoms with Crippen LogP contribution in [0.4, 0.5) is 13.2 Å². The molecule has 0 bridgehead atoms. The van der Waals surface area contributed by atoms with E-state index in [1.54, 1.807) is 0 Å². The van der Waals surface area contributed by atoms with Gasteiger partial charge in [0.05, 0.1) is 17.0 Å². The average Bonchev–Trinajstić information content (AvgIpc) is 2.57. The van der Waals surface area contributed by atoms with Gasteiger partial charge in [-0.15, -0.1) is 0 Å². The summed E-state index contributed by atoms with van der Waals surface area (Å²) < 4.78 is 60.8. The van der Waals surface area contributed by atoms with Gasteiger partial charge < -0.3 is 5.32 Å². The number of rotatable bonds is 3. The summed E-state index contributed by atoms with van der Waals surface area (Å²) in [6.07, 6.45) is -3.42. The SMILES string of the molecule is CS(=O)(=O)c1cccc(C(=O)NCC#Cc2cccc(C(F)(F)F)c2)c1. The molecule has 0 aliphatic carbocycles. The van der Waals surface area contributed by atoms with Gasteiger partial charge in [0, 0.05) is 17.4 Å². The highest BCUT2D eigenvalue weighted by atomic mass is 32.2. The molecule has 0 atom stereocenters. The Hall–Kier alpha value is -2.79. The molecule has 0 saturated heterocycles. The standard InChI is InChI=1S/C18H14F3NO3S/c1-26(24,25)16-9-3-7-14(12-16)17(23)22-10-4-6-13-5-2-8-15(11-13)18(19,20)21/h2-3,5,7-9,11-12H,10H2,1H3,(H,22,23). The van der Waals surface area contributed by atoms with Crippen LogP contribution in [0.2, 0.25) is 0 Å². The minimum atomic E-state index is -4.45. The molecular weight excluding hydrogens is 367 g/mol. The van der Waals surface area contributed by atoms with Gasteiger partial charge in [-0.1, -0.05) is 24.0 Å². The monoisotopic (exact) mass is 381 g/mol. The molecule has 136 valence electrons. The van der Waals surface area contributed by atoms with Crippen LogP contribution < -0.4 is 5.32 Å². The molecule has 8 heteroatoms. The van der Waals surface area contributed by atoms with E-state index in [0.29, 0.717) is 0 Å². The van der Waals surface area contributed by atoms with Crippen molar-refractivity contribution < 1.29 is 26.4 Å². The second-order valence-corrected chi connectivity index (χ2v) is 7.38. The van der Waals surface area contributed by atoms with Gasteiger partial charge in [-0.05, 0) is 36.4 Å². The average molecular weight is 381 g/mol. The highest BCUT2D eigenvalue weighted by Crippen LogP contribution is 2.29. The van der Waals surface area contributed by atoms with E-state index in [9.17, 15) is 26.4 Å². The number of sulfone groups is 1. The maximum atomic E-state index is 12.6. The summed E-state index contributed by atoms with van der Waals surface area (Å²) in [4.78, 5) is 12.0. The molecule has 0 aliphatic rings. The van der Waals surface area contributed by atoms with Gasteiger partial charge in [-0.25, -0.2) is 8.42 Å². The van der Waals surface area contributed by atoms with E-state index in [1.807, 2.05) is 0 Å². The van der Waals surface area contributed by atoms with Crippen molar-refractivity contribution in [1.82, 2.24) is 5.32 Å². The lowest BCUT2D eigenvalue weighted by atomic mass is 10.1. The molecular formula is C18H14F3NO3S. The Morgan fingerprint density at radius 2 is 1.81 bits per heavy atom. The second kappa shape index (κ2) is 7.62. The molecule has 0 heterocycles. The largest absolute Gasteiger partial charge is 0.416 e. The second-order valence-electron chi connectivity index (χ2n) is 5.36. The first kappa shape index (κ1) is 19.5. The van der Waals surface area contributed by atoms with E-state index in [0.717, 1.165) is 18.4 Å². The summed E-state index contributed by atoms with van der Waals surface area (Å²) in [5.74, 6) is 4.56. The molecule has 1 N–H and O–H groups in total. The third-order valence-electron chi connectivity index (χ3n) is 3.28. The molecule has 2 aromatic carbocycles. The van der Waals surface area contributed by atoms with Crippen LogP contribution in [0.1, 0.15) is 21.5 Å². The van der Waals surface area contributed by atoms with Crippen molar-refractivity contribution in [3.8, 4) is 11.8 Å². The Kier molecular flexibility index (Phi) is 5.73. The Morgan fingerprint density at radius 3 is 2.46 bits per heavy atom. The summed E-state index contributed by atoms with van der Waals surface area (Å²) in [5, 5.41) is 2.46. The number of carbonyl (C=O) groups excluding carboxylic acids is 1. The van der Waals surface area contributed by atoms with Crippen LogP contribution >= 0.6 is 0 Å². The topological polar surface area (TPSA) is 63.2 Å². The number of amides is 1. The molecule has 4 nitrogen and oxygen atoms in total. The van der Waals surface area contributed by atoms with Crippen LogP contribution in [0.3, 0.4) is 0 Å². The summed E-state index contributed by atoms with van der Waals surface area (Å²) >= 11 is 0.